The fourth-order valence-corrected chi connectivity index (χ4v) is 3.24. The van der Waals surface area contributed by atoms with Crippen LogP contribution in [0.25, 0.3) is 0 Å². The van der Waals surface area contributed by atoms with Gasteiger partial charge in [0.1, 0.15) is 5.82 Å². The first-order valence-corrected chi connectivity index (χ1v) is 9.70. The second kappa shape index (κ2) is 9.07. The second-order valence-corrected chi connectivity index (χ2v) is 7.51. The predicted molar refractivity (Wildman–Crippen MR) is 120 cm³/mol. The summed E-state index contributed by atoms with van der Waals surface area (Å²) in [6, 6.07) is 14.5. The molecule has 1 amide bonds. The van der Waals surface area contributed by atoms with Crippen LogP contribution >= 0.6 is 23.2 Å². The van der Waals surface area contributed by atoms with Gasteiger partial charge in [-0.1, -0.05) is 47.5 Å². The van der Waals surface area contributed by atoms with Crippen LogP contribution in [0.3, 0.4) is 0 Å². The molecule has 1 aromatic heterocycles. The van der Waals surface area contributed by atoms with E-state index in [1.807, 2.05) is 37.3 Å². The highest BCUT2D eigenvalue weighted by Gasteiger charge is 2.16. The number of hydrogen-bond acceptors (Lipinski definition) is 4. The highest BCUT2D eigenvalue weighted by molar-refractivity contribution is 6.31. The van der Waals surface area contributed by atoms with Gasteiger partial charge in [0.05, 0.1) is 16.3 Å². The number of hydrogen-bond donors (Lipinski definition) is 3. The lowest BCUT2D eigenvalue weighted by molar-refractivity contribution is 0.102. The third-order valence-corrected chi connectivity index (χ3v) is 4.81. The summed E-state index contributed by atoms with van der Waals surface area (Å²) in [7, 11) is 0. The number of aromatic nitrogens is 1. The van der Waals surface area contributed by atoms with Gasteiger partial charge in [-0.25, -0.2) is 4.98 Å². The maximum atomic E-state index is 12.8. The first-order chi connectivity index (χ1) is 13.8. The molecule has 0 bridgehead atoms. The van der Waals surface area contributed by atoms with Crippen LogP contribution < -0.4 is 10.6 Å². The van der Waals surface area contributed by atoms with E-state index in [2.05, 4.69) is 15.6 Å². The van der Waals surface area contributed by atoms with Gasteiger partial charge >= 0.3 is 0 Å². The first kappa shape index (κ1) is 20.8. The lowest BCUT2D eigenvalue weighted by Crippen LogP contribution is -2.16. The fourth-order valence-electron chi connectivity index (χ4n) is 2.85. The minimum Gasteiger partial charge on any atom is -0.380 e. The number of pyridine rings is 1. The summed E-state index contributed by atoms with van der Waals surface area (Å²) in [4.78, 5) is 16.9. The largest absolute Gasteiger partial charge is 0.380 e. The number of anilines is 2. The number of amides is 1. The van der Waals surface area contributed by atoms with Gasteiger partial charge in [-0.3, -0.25) is 4.79 Å². The molecular weight excluding hydrogens is 407 g/mol. The van der Waals surface area contributed by atoms with Crippen molar-refractivity contribution in [1.82, 2.24) is 4.98 Å². The molecule has 3 N–H and O–H groups in total. The third-order valence-electron chi connectivity index (χ3n) is 4.37. The van der Waals surface area contributed by atoms with Gasteiger partial charge in [-0.05, 0) is 54.8 Å². The van der Waals surface area contributed by atoms with Gasteiger partial charge in [-0.2, -0.15) is 0 Å². The van der Waals surface area contributed by atoms with Gasteiger partial charge in [0.15, 0.2) is 0 Å². The van der Waals surface area contributed by atoms with Crippen molar-refractivity contribution in [3.05, 3.63) is 87.0 Å². The van der Waals surface area contributed by atoms with E-state index in [4.69, 9.17) is 28.6 Å². The summed E-state index contributed by atoms with van der Waals surface area (Å²) in [6.07, 6.45) is 1.47. The number of benzene rings is 2. The van der Waals surface area contributed by atoms with Crippen molar-refractivity contribution in [2.75, 3.05) is 10.6 Å². The highest BCUT2D eigenvalue weighted by Crippen LogP contribution is 2.27. The van der Waals surface area contributed by atoms with Crippen LogP contribution in [0.15, 0.2) is 54.7 Å². The molecule has 29 heavy (non-hydrogen) atoms. The van der Waals surface area contributed by atoms with Crippen molar-refractivity contribution < 1.29 is 4.79 Å². The summed E-state index contributed by atoms with van der Waals surface area (Å²) in [6.45, 7) is 4.18. The molecule has 3 rings (SSSR count). The zero-order chi connectivity index (χ0) is 21.0. The Kier molecular flexibility index (Phi) is 6.52. The SMILES string of the molecule is CC(=N)c1ccc(CNc2c(C)cc(Cl)cc2C(=O)Nc2ccc(Cl)cn2)cc1. The van der Waals surface area contributed by atoms with E-state index in [0.717, 1.165) is 16.7 Å². The molecule has 0 fully saturated rings. The fraction of sp³-hybridized carbons (Fsp3) is 0.136. The molecule has 0 spiro atoms. The molecular formula is C22H20Cl2N4O. The lowest BCUT2D eigenvalue weighted by Gasteiger charge is -2.16. The number of halogens is 2. The molecule has 0 saturated heterocycles. The van der Waals surface area contributed by atoms with E-state index >= 15 is 0 Å². The Labute approximate surface area is 179 Å². The second-order valence-electron chi connectivity index (χ2n) is 6.64. The van der Waals surface area contributed by atoms with Crippen molar-refractivity contribution >= 4 is 46.3 Å². The predicted octanol–water partition coefficient (Wildman–Crippen LogP) is 5.95. The van der Waals surface area contributed by atoms with Crippen LogP contribution in [0.4, 0.5) is 11.5 Å². The number of nitrogens with zero attached hydrogens (tertiary/aromatic N) is 1. The minimum atomic E-state index is -0.317. The molecule has 0 atom stereocenters. The van der Waals surface area contributed by atoms with Crippen LogP contribution in [0.5, 0.6) is 0 Å². The molecule has 0 unspecified atom stereocenters. The zero-order valence-corrected chi connectivity index (χ0v) is 17.5. The Bertz CT molecular complexity index is 1050. The number of nitrogens with one attached hydrogen (secondary N) is 3. The maximum absolute atomic E-state index is 12.8. The Morgan fingerprint density at radius 3 is 2.41 bits per heavy atom. The smallest absolute Gasteiger partial charge is 0.258 e. The Hall–Kier alpha value is -2.89. The van der Waals surface area contributed by atoms with Gasteiger partial charge in [-0.15, -0.1) is 0 Å². The van der Waals surface area contributed by atoms with Crippen molar-refractivity contribution in [2.24, 2.45) is 0 Å². The van der Waals surface area contributed by atoms with Crippen LogP contribution in [0, 0.1) is 12.3 Å². The normalized spacial score (nSPS) is 10.5. The van der Waals surface area contributed by atoms with E-state index in [9.17, 15) is 4.79 Å². The number of carbonyl (C=O) groups excluding carboxylic acids is 1. The van der Waals surface area contributed by atoms with Gasteiger partial charge in [0, 0.05) is 23.5 Å². The number of aryl methyl sites for hydroxylation is 1. The quantitative estimate of drug-likeness (QED) is 0.426. The molecule has 0 aliphatic heterocycles. The molecule has 0 aliphatic carbocycles. The van der Waals surface area contributed by atoms with E-state index in [1.54, 1.807) is 25.1 Å². The molecule has 3 aromatic rings. The summed E-state index contributed by atoms with van der Waals surface area (Å²) < 4.78 is 0. The number of rotatable bonds is 6. The van der Waals surface area contributed by atoms with Gasteiger partial charge < -0.3 is 16.0 Å². The molecule has 0 saturated carbocycles. The van der Waals surface area contributed by atoms with Crippen LogP contribution in [0.2, 0.25) is 10.0 Å². The Morgan fingerprint density at radius 1 is 1.07 bits per heavy atom. The topological polar surface area (TPSA) is 77.9 Å². The van der Waals surface area contributed by atoms with Crippen LogP contribution in [-0.2, 0) is 6.54 Å². The standard InChI is InChI=1S/C22H20Cl2N4O/c1-13-9-18(24)10-19(22(29)28-20-8-7-17(23)12-26-20)21(13)27-11-15-3-5-16(6-4-15)14(2)25/h3-10,12,25,27H,11H2,1-2H3,(H,26,28,29). The molecule has 7 heteroatoms. The average Bonchev–Trinajstić information content (AvgIpc) is 2.68. The molecule has 2 aromatic carbocycles. The maximum Gasteiger partial charge on any atom is 0.258 e. The molecule has 148 valence electrons. The van der Waals surface area contributed by atoms with Crippen LogP contribution in [-0.4, -0.2) is 16.6 Å². The highest BCUT2D eigenvalue weighted by atomic mass is 35.5. The van der Waals surface area contributed by atoms with Crippen molar-refractivity contribution in [2.45, 2.75) is 20.4 Å². The minimum absolute atomic E-state index is 0.317. The molecule has 5 nitrogen and oxygen atoms in total. The van der Waals surface area contributed by atoms with Crippen LogP contribution in [0.1, 0.15) is 34.0 Å². The Morgan fingerprint density at radius 2 is 1.79 bits per heavy atom. The van der Waals surface area contributed by atoms with Gasteiger partial charge in [0.2, 0.25) is 0 Å². The molecule has 0 radical (unpaired) electrons. The average molecular weight is 427 g/mol. The van der Waals surface area contributed by atoms with Gasteiger partial charge in [0.25, 0.3) is 5.91 Å². The Balaban J connectivity index is 1.81. The summed E-state index contributed by atoms with van der Waals surface area (Å²) in [5, 5.41) is 14.8. The van der Waals surface area contributed by atoms with E-state index in [1.165, 1.54) is 6.20 Å². The number of carbonyl (C=O) groups is 1. The van der Waals surface area contributed by atoms with E-state index in [0.29, 0.717) is 39.4 Å². The molecule has 1 heterocycles. The third kappa shape index (κ3) is 5.34. The summed E-state index contributed by atoms with van der Waals surface area (Å²) in [5.74, 6) is 0.0864. The van der Waals surface area contributed by atoms with Crippen molar-refractivity contribution in [1.29, 1.82) is 5.41 Å². The summed E-state index contributed by atoms with van der Waals surface area (Å²) in [5.41, 5.74) is 4.43. The molecule has 0 aliphatic rings. The van der Waals surface area contributed by atoms with E-state index in [-0.39, 0.29) is 5.91 Å². The zero-order valence-electron chi connectivity index (χ0n) is 16.0. The lowest BCUT2D eigenvalue weighted by atomic mass is 10.1. The van der Waals surface area contributed by atoms with E-state index < -0.39 is 0 Å². The van der Waals surface area contributed by atoms with Crippen molar-refractivity contribution in [3.8, 4) is 0 Å². The summed E-state index contributed by atoms with van der Waals surface area (Å²) >= 11 is 12.0. The first-order valence-electron chi connectivity index (χ1n) is 8.95. The monoisotopic (exact) mass is 426 g/mol. The van der Waals surface area contributed by atoms with Crippen molar-refractivity contribution in [3.63, 3.8) is 0 Å².